The second kappa shape index (κ2) is 10.2. The van der Waals surface area contributed by atoms with Gasteiger partial charge in [0.1, 0.15) is 5.54 Å². The summed E-state index contributed by atoms with van der Waals surface area (Å²) in [6.45, 7) is 1.50. The van der Waals surface area contributed by atoms with E-state index in [9.17, 15) is 18.3 Å². The first-order valence-electron chi connectivity index (χ1n) is 9.98. The number of rotatable bonds is 11. The lowest BCUT2D eigenvalue weighted by Crippen LogP contribution is -2.55. The fourth-order valence-corrected chi connectivity index (χ4v) is 5.89. The molecule has 10 nitrogen and oxygen atoms in total. The van der Waals surface area contributed by atoms with Crippen LogP contribution in [-0.4, -0.2) is 77.0 Å². The van der Waals surface area contributed by atoms with E-state index in [4.69, 9.17) is 21.5 Å². The van der Waals surface area contributed by atoms with E-state index >= 15 is 0 Å². The SMILES string of the molecule is CCN([C@H](CN)c1ccccc1)S(=O)(=O)N1C[C@H](CCCB(O)O)[C@](N)(C(=O)O)C1. The molecule has 0 amide bonds. The maximum Gasteiger partial charge on any atom is 0.451 e. The van der Waals surface area contributed by atoms with Crippen molar-refractivity contribution in [3.8, 4) is 0 Å². The minimum Gasteiger partial charge on any atom is -0.480 e. The van der Waals surface area contributed by atoms with Crippen molar-refractivity contribution in [1.82, 2.24) is 8.61 Å². The van der Waals surface area contributed by atoms with Gasteiger partial charge in [0.15, 0.2) is 0 Å². The molecule has 0 spiro atoms. The van der Waals surface area contributed by atoms with Crippen LogP contribution < -0.4 is 11.5 Å². The predicted molar refractivity (Wildman–Crippen MR) is 113 cm³/mol. The molecule has 1 aliphatic rings. The van der Waals surface area contributed by atoms with Crippen molar-refractivity contribution in [3.05, 3.63) is 35.9 Å². The van der Waals surface area contributed by atoms with Gasteiger partial charge in [0.05, 0.1) is 6.04 Å². The number of benzene rings is 1. The Morgan fingerprint density at radius 3 is 2.50 bits per heavy atom. The van der Waals surface area contributed by atoms with Gasteiger partial charge in [-0.15, -0.1) is 0 Å². The molecule has 1 fully saturated rings. The van der Waals surface area contributed by atoms with Gasteiger partial charge in [-0.05, 0) is 18.3 Å². The van der Waals surface area contributed by atoms with Crippen LogP contribution in [0.2, 0.25) is 6.32 Å². The molecule has 1 aliphatic heterocycles. The molecule has 12 heteroatoms. The van der Waals surface area contributed by atoms with Crippen LogP contribution in [0.15, 0.2) is 30.3 Å². The average Bonchev–Trinajstić information content (AvgIpc) is 3.05. The van der Waals surface area contributed by atoms with Gasteiger partial charge in [0, 0.05) is 32.1 Å². The first kappa shape index (κ1) is 24.7. The van der Waals surface area contributed by atoms with Gasteiger partial charge in [-0.3, -0.25) is 4.79 Å². The standard InChI is InChI=1S/C18H31BN4O6S/c1-2-23(16(11-20)14-7-4-3-5-8-14)30(28,29)22-12-15(9-6-10-19(26)27)18(21,13-22)17(24)25/h3-5,7-8,15-16,26-27H,2,6,9-13,20-21H2,1H3,(H,24,25)/t15-,16+,18-/m0/s1. The second-order valence-corrected chi connectivity index (χ2v) is 9.50. The number of hydrogen-bond donors (Lipinski definition) is 5. The molecule has 1 aromatic rings. The maximum absolute atomic E-state index is 13.4. The molecule has 0 aliphatic carbocycles. The lowest BCUT2D eigenvalue weighted by Gasteiger charge is -2.33. The molecule has 1 saturated heterocycles. The van der Waals surface area contributed by atoms with Crippen LogP contribution in [0.5, 0.6) is 0 Å². The molecule has 0 bridgehead atoms. The molecule has 1 heterocycles. The first-order valence-corrected chi connectivity index (χ1v) is 11.4. The molecule has 0 unspecified atom stereocenters. The molecule has 0 radical (unpaired) electrons. The summed E-state index contributed by atoms with van der Waals surface area (Å²) in [5.41, 5.74) is 11.0. The smallest absolute Gasteiger partial charge is 0.451 e. The third-order valence-electron chi connectivity index (χ3n) is 5.69. The normalized spacial score (nSPS) is 23.6. The maximum atomic E-state index is 13.4. The highest BCUT2D eigenvalue weighted by molar-refractivity contribution is 7.86. The minimum absolute atomic E-state index is 0.0588. The summed E-state index contributed by atoms with van der Waals surface area (Å²) in [7, 11) is -5.55. The van der Waals surface area contributed by atoms with Crippen molar-refractivity contribution in [1.29, 1.82) is 0 Å². The quantitative estimate of drug-likeness (QED) is 0.278. The van der Waals surface area contributed by atoms with Crippen LogP contribution in [0.4, 0.5) is 0 Å². The molecule has 0 aromatic heterocycles. The van der Waals surface area contributed by atoms with Crippen LogP contribution in [0.25, 0.3) is 0 Å². The number of carboxylic acid groups (broad SMARTS) is 1. The highest BCUT2D eigenvalue weighted by Gasteiger charge is 2.53. The van der Waals surface area contributed by atoms with E-state index in [0.717, 1.165) is 9.87 Å². The zero-order chi connectivity index (χ0) is 22.5. The van der Waals surface area contributed by atoms with E-state index in [1.807, 2.05) is 6.07 Å². The van der Waals surface area contributed by atoms with Gasteiger partial charge in [0.25, 0.3) is 10.2 Å². The van der Waals surface area contributed by atoms with Crippen molar-refractivity contribution >= 4 is 23.3 Å². The van der Waals surface area contributed by atoms with Crippen molar-refractivity contribution in [2.45, 2.75) is 37.7 Å². The Balaban J connectivity index is 2.29. The van der Waals surface area contributed by atoms with E-state index < -0.39 is 40.8 Å². The molecular formula is C18H31BN4O6S. The first-order chi connectivity index (χ1) is 14.1. The minimum atomic E-state index is -4.04. The Morgan fingerprint density at radius 1 is 1.37 bits per heavy atom. The van der Waals surface area contributed by atoms with Crippen molar-refractivity contribution in [2.75, 3.05) is 26.2 Å². The number of hydrogen-bond acceptors (Lipinski definition) is 7. The summed E-state index contributed by atoms with van der Waals surface area (Å²) in [5.74, 6) is -1.94. The Labute approximate surface area is 177 Å². The van der Waals surface area contributed by atoms with Gasteiger partial charge in [-0.1, -0.05) is 43.7 Å². The summed E-state index contributed by atoms with van der Waals surface area (Å²) >= 11 is 0. The topological polar surface area (TPSA) is 170 Å². The number of aliphatic carboxylic acids is 1. The van der Waals surface area contributed by atoms with Gasteiger partial charge >= 0.3 is 13.1 Å². The zero-order valence-electron chi connectivity index (χ0n) is 17.1. The van der Waals surface area contributed by atoms with Crippen LogP contribution in [0.1, 0.15) is 31.4 Å². The highest BCUT2D eigenvalue weighted by Crippen LogP contribution is 2.35. The van der Waals surface area contributed by atoms with Gasteiger partial charge in [-0.25, -0.2) is 0 Å². The van der Waals surface area contributed by atoms with Gasteiger partial charge < -0.3 is 26.6 Å². The third kappa shape index (κ3) is 5.20. The van der Waals surface area contributed by atoms with Crippen LogP contribution in [0.3, 0.4) is 0 Å². The molecule has 3 atom stereocenters. The van der Waals surface area contributed by atoms with E-state index in [1.54, 1.807) is 31.2 Å². The largest absolute Gasteiger partial charge is 0.480 e. The Hall–Kier alpha value is -1.54. The van der Waals surface area contributed by atoms with E-state index in [0.29, 0.717) is 6.42 Å². The molecule has 1 aromatic carbocycles. The molecule has 30 heavy (non-hydrogen) atoms. The Bertz CT molecular complexity index is 812. The zero-order valence-corrected chi connectivity index (χ0v) is 17.9. The number of nitrogens with two attached hydrogens (primary N) is 2. The number of carboxylic acids is 1. The Kier molecular flexibility index (Phi) is 8.39. The summed E-state index contributed by atoms with van der Waals surface area (Å²) in [4.78, 5) is 11.9. The fourth-order valence-electron chi connectivity index (χ4n) is 4.00. The molecule has 168 valence electrons. The molecule has 7 N–H and O–H groups in total. The van der Waals surface area contributed by atoms with Crippen molar-refractivity contribution in [3.63, 3.8) is 0 Å². The molecular weight excluding hydrogens is 411 g/mol. The van der Waals surface area contributed by atoms with E-state index in [1.165, 1.54) is 4.31 Å². The monoisotopic (exact) mass is 442 g/mol. The summed E-state index contributed by atoms with van der Waals surface area (Å²) in [6, 6.07) is 8.43. The van der Waals surface area contributed by atoms with E-state index in [2.05, 4.69) is 0 Å². The predicted octanol–water partition coefficient (Wildman–Crippen LogP) is -0.780. The van der Waals surface area contributed by atoms with Gasteiger partial charge in [-0.2, -0.15) is 17.0 Å². The summed E-state index contributed by atoms with van der Waals surface area (Å²) in [5, 5.41) is 27.7. The summed E-state index contributed by atoms with van der Waals surface area (Å²) in [6.07, 6.45) is 0.635. The molecule has 2 rings (SSSR count). The highest BCUT2D eigenvalue weighted by atomic mass is 32.2. The van der Waals surface area contributed by atoms with Crippen LogP contribution >= 0.6 is 0 Å². The Morgan fingerprint density at radius 2 is 2.00 bits per heavy atom. The number of nitrogens with zero attached hydrogens (tertiary/aromatic N) is 2. The van der Waals surface area contributed by atoms with Crippen LogP contribution in [-0.2, 0) is 15.0 Å². The lowest BCUT2D eigenvalue weighted by molar-refractivity contribution is -0.144. The fraction of sp³-hybridized carbons (Fsp3) is 0.611. The molecule has 0 saturated carbocycles. The summed E-state index contributed by atoms with van der Waals surface area (Å²) < 4.78 is 29.3. The van der Waals surface area contributed by atoms with E-state index in [-0.39, 0.29) is 38.9 Å². The lowest BCUT2D eigenvalue weighted by atomic mass is 9.78. The van der Waals surface area contributed by atoms with Crippen molar-refractivity contribution < 1.29 is 28.4 Å². The van der Waals surface area contributed by atoms with Gasteiger partial charge in [0.2, 0.25) is 0 Å². The van der Waals surface area contributed by atoms with Crippen LogP contribution in [0, 0.1) is 5.92 Å². The number of likely N-dealkylation sites (N-methyl/N-ethyl adjacent to an activating group) is 1. The number of carbonyl (C=O) groups is 1. The van der Waals surface area contributed by atoms with Crippen molar-refractivity contribution in [2.24, 2.45) is 17.4 Å². The third-order valence-corrected chi connectivity index (χ3v) is 7.73. The average molecular weight is 442 g/mol. The second-order valence-electron chi connectivity index (χ2n) is 7.62.